The summed E-state index contributed by atoms with van der Waals surface area (Å²) in [5, 5.41) is 14.4. The lowest BCUT2D eigenvalue weighted by atomic mass is 10.2. The first-order valence-corrected chi connectivity index (χ1v) is 7.11. The molecule has 0 unspecified atom stereocenters. The normalized spacial score (nSPS) is 10.6. The highest BCUT2D eigenvalue weighted by molar-refractivity contribution is 9.10. The molecular weight excluding hydrogens is 330 g/mol. The maximum Gasteiger partial charge on any atom is 0.343 e. The molecule has 19 heavy (non-hydrogen) atoms. The van der Waals surface area contributed by atoms with Gasteiger partial charge in [0.2, 0.25) is 0 Å². The number of hydrogen-bond acceptors (Lipinski definition) is 4. The summed E-state index contributed by atoms with van der Waals surface area (Å²) in [5.74, 6) is 0.00802. The van der Waals surface area contributed by atoms with E-state index in [0.717, 1.165) is 9.37 Å². The maximum absolute atomic E-state index is 11.4. The molecule has 100 valence electrons. The summed E-state index contributed by atoms with van der Waals surface area (Å²) >= 11 is 4.74. The van der Waals surface area contributed by atoms with Crippen LogP contribution in [0.2, 0.25) is 0 Å². The maximum atomic E-state index is 11.4. The van der Waals surface area contributed by atoms with Gasteiger partial charge in [-0.3, -0.25) is 9.98 Å². The van der Waals surface area contributed by atoms with Crippen LogP contribution >= 0.6 is 27.7 Å². The number of rotatable bonds is 4. The Kier molecular flexibility index (Phi) is 4.11. The van der Waals surface area contributed by atoms with E-state index < -0.39 is 0 Å². The molecule has 0 saturated heterocycles. The van der Waals surface area contributed by atoms with Crippen molar-refractivity contribution in [3.05, 3.63) is 38.7 Å². The van der Waals surface area contributed by atoms with Crippen LogP contribution in [-0.4, -0.2) is 20.6 Å². The van der Waals surface area contributed by atoms with Crippen LogP contribution in [0.4, 0.5) is 0 Å². The number of nitrogens with one attached hydrogen (secondary N) is 2. The van der Waals surface area contributed by atoms with Gasteiger partial charge in [0.1, 0.15) is 5.84 Å². The smallest absolute Gasteiger partial charge is 0.343 e. The standard InChI is InChI=1S/C11H12BrN5OS/c1-2-17-10(18)15-16-11(17)19-6-3-4-7(9(13)14)8(12)5-6/h3-5H,2H2,1H3,(H3,13,14)(H,15,18). The van der Waals surface area contributed by atoms with Gasteiger partial charge in [-0.2, -0.15) is 0 Å². The van der Waals surface area contributed by atoms with Crippen LogP contribution in [0.15, 0.2) is 37.5 Å². The number of hydrogen-bond donors (Lipinski definition) is 3. The number of aromatic nitrogens is 3. The van der Waals surface area contributed by atoms with Gasteiger partial charge in [-0.1, -0.05) is 0 Å². The van der Waals surface area contributed by atoms with Gasteiger partial charge in [-0.25, -0.2) is 9.89 Å². The van der Waals surface area contributed by atoms with E-state index in [4.69, 9.17) is 11.1 Å². The Balaban J connectivity index is 2.31. The summed E-state index contributed by atoms with van der Waals surface area (Å²) < 4.78 is 2.29. The van der Waals surface area contributed by atoms with Gasteiger partial charge in [0.05, 0.1) is 0 Å². The summed E-state index contributed by atoms with van der Waals surface area (Å²) in [6.07, 6.45) is 0. The Labute approximate surface area is 122 Å². The highest BCUT2D eigenvalue weighted by Gasteiger charge is 2.10. The highest BCUT2D eigenvalue weighted by Crippen LogP contribution is 2.29. The lowest BCUT2D eigenvalue weighted by Crippen LogP contribution is -2.16. The molecule has 4 N–H and O–H groups in total. The first-order valence-electron chi connectivity index (χ1n) is 5.50. The molecule has 0 saturated carbocycles. The monoisotopic (exact) mass is 341 g/mol. The number of amidine groups is 1. The molecule has 0 radical (unpaired) electrons. The van der Waals surface area contributed by atoms with Crippen molar-refractivity contribution in [1.82, 2.24) is 14.8 Å². The molecular formula is C11H12BrN5OS. The predicted octanol–water partition coefficient (Wildman–Crippen LogP) is 1.79. The molecule has 0 amide bonds. The van der Waals surface area contributed by atoms with Gasteiger partial charge in [0.15, 0.2) is 5.16 Å². The molecule has 6 nitrogen and oxygen atoms in total. The first kappa shape index (κ1) is 13.9. The van der Waals surface area contributed by atoms with Crippen LogP contribution in [0.5, 0.6) is 0 Å². The second-order valence-electron chi connectivity index (χ2n) is 3.71. The second-order valence-corrected chi connectivity index (χ2v) is 5.61. The van der Waals surface area contributed by atoms with Crippen molar-refractivity contribution in [3.8, 4) is 0 Å². The number of aromatic amines is 1. The van der Waals surface area contributed by atoms with Crippen molar-refractivity contribution in [2.24, 2.45) is 5.73 Å². The Bertz CT molecular complexity index is 678. The molecule has 0 aliphatic rings. The third kappa shape index (κ3) is 2.90. The number of nitrogen functional groups attached to an aromatic ring is 1. The van der Waals surface area contributed by atoms with Crippen LogP contribution in [0.3, 0.4) is 0 Å². The first-order chi connectivity index (χ1) is 9.02. The van der Waals surface area contributed by atoms with Crippen LogP contribution in [0.25, 0.3) is 0 Å². The lowest BCUT2D eigenvalue weighted by Gasteiger charge is -2.06. The third-order valence-corrected chi connectivity index (χ3v) is 4.12. The van der Waals surface area contributed by atoms with E-state index in [0.29, 0.717) is 17.3 Å². The van der Waals surface area contributed by atoms with Crippen LogP contribution in [-0.2, 0) is 6.54 Å². The fourth-order valence-corrected chi connectivity index (χ4v) is 3.22. The summed E-state index contributed by atoms with van der Waals surface area (Å²) in [5.41, 5.74) is 5.87. The molecule has 0 bridgehead atoms. The quantitative estimate of drug-likeness (QED) is 0.582. The highest BCUT2D eigenvalue weighted by atomic mass is 79.9. The van der Waals surface area contributed by atoms with Crippen LogP contribution in [0.1, 0.15) is 12.5 Å². The predicted molar refractivity (Wildman–Crippen MR) is 77.8 cm³/mol. The minimum Gasteiger partial charge on any atom is -0.384 e. The fourth-order valence-electron chi connectivity index (χ4n) is 1.54. The average Bonchev–Trinajstić information content (AvgIpc) is 2.69. The molecule has 2 aromatic rings. The van der Waals surface area contributed by atoms with Crippen molar-refractivity contribution in [2.45, 2.75) is 23.5 Å². The van der Waals surface area contributed by atoms with Gasteiger partial charge in [0, 0.05) is 21.5 Å². The molecule has 0 spiro atoms. The number of benzene rings is 1. The van der Waals surface area contributed by atoms with Crippen LogP contribution < -0.4 is 11.4 Å². The summed E-state index contributed by atoms with van der Waals surface area (Å²) in [6, 6.07) is 5.45. The molecule has 2 rings (SSSR count). The molecule has 0 fully saturated rings. The second kappa shape index (κ2) is 5.62. The van der Waals surface area contributed by atoms with Crippen molar-refractivity contribution in [1.29, 1.82) is 5.41 Å². The van der Waals surface area contributed by atoms with Crippen molar-refractivity contribution < 1.29 is 0 Å². The summed E-state index contributed by atoms with van der Waals surface area (Å²) in [6.45, 7) is 2.44. The summed E-state index contributed by atoms with van der Waals surface area (Å²) in [7, 11) is 0. The number of nitrogens with zero attached hydrogens (tertiary/aromatic N) is 2. The number of halogens is 1. The fraction of sp³-hybridized carbons (Fsp3) is 0.182. The average molecular weight is 342 g/mol. The zero-order valence-electron chi connectivity index (χ0n) is 10.1. The van der Waals surface area contributed by atoms with Gasteiger partial charge < -0.3 is 5.73 Å². The number of nitrogens with two attached hydrogens (primary N) is 1. The van der Waals surface area contributed by atoms with Gasteiger partial charge >= 0.3 is 5.69 Å². The molecule has 8 heteroatoms. The minimum absolute atomic E-state index is 0.00802. The van der Waals surface area contributed by atoms with Crippen molar-refractivity contribution in [3.63, 3.8) is 0 Å². The Morgan fingerprint density at radius 1 is 1.63 bits per heavy atom. The van der Waals surface area contributed by atoms with Gasteiger partial charge in [-0.05, 0) is 52.8 Å². The molecule has 1 heterocycles. The minimum atomic E-state index is -0.218. The molecule has 0 atom stereocenters. The molecule has 1 aromatic carbocycles. The van der Waals surface area contributed by atoms with E-state index in [2.05, 4.69) is 26.1 Å². The zero-order chi connectivity index (χ0) is 14.0. The zero-order valence-corrected chi connectivity index (χ0v) is 12.5. The van der Waals surface area contributed by atoms with E-state index in [1.165, 1.54) is 11.8 Å². The third-order valence-electron chi connectivity index (χ3n) is 2.48. The lowest BCUT2D eigenvalue weighted by molar-refractivity contribution is 0.660. The number of H-pyrrole nitrogens is 1. The van der Waals surface area contributed by atoms with Gasteiger partial charge in [-0.15, -0.1) is 5.10 Å². The topological polar surface area (TPSA) is 101 Å². The van der Waals surface area contributed by atoms with Crippen molar-refractivity contribution in [2.75, 3.05) is 0 Å². The Morgan fingerprint density at radius 2 is 2.37 bits per heavy atom. The van der Waals surface area contributed by atoms with E-state index in [1.807, 2.05) is 19.1 Å². The molecule has 1 aromatic heterocycles. The van der Waals surface area contributed by atoms with E-state index in [-0.39, 0.29) is 11.5 Å². The SMILES string of the molecule is CCn1c(Sc2ccc(C(=N)N)c(Br)c2)n[nH]c1=O. The largest absolute Gasteiger partial charge is 0.384 e. The Hall–Kier alpha value is -1.54. The molecule has 0 aliphatic carbocycles. The van der Waals surface area contributed by atoms with Crippen LogP contribution in [0, 0.1) is 5.41 Å². The Morgan fingerprint density at radius 3 is 2.95 bits per heavy atom. The van der Waals surface area contributed by atoms with Gasteiger partial charge in [0.25, 0.3) is 0 Å². The van der Waals surface area contributed by atoms with E-state index in [9.17, 15) is 4.79 Å². The summed E-state index contributed by atoms with van der Waals surface area (Å²) in [4.78, 5) is 12.4. The molecule has 0 aliphatic heterocycles. The van der Waals surface area contributed by atoms with E-state index >= 15 is 0 Å². The van der Waals surface area contributed by atoms with Crippen molar-refractivity contribution >= 4 is 33.5 Å². The van der Waals surface area contributed by atoms with E-state index in [1.54, 1.807) is 10.6 Å².